The summed E-state index contributed by atoms with van der Waals surface area (Å²) in [5.74, 6) is 0. The maximum atomic E-state index is 10.4. The van der Waals surface area contributed by atoms with Gasteiger partial charge < -0.3 is 0 Å². The van der Waals surface area contributed by atoms with Crippen molar-refractivity contribution in [2.45, 2.75) is 0 Å². The van der Waals surface area contributed by atoms with Crippen LogP contribution in [0.15, 0.2) is 18.7 Å². The van der Waals surface area contributed by atoms with Crippen LogP contribution in [0.2, 0.25) is 0 Å². The Hall–Kier alpha value is -2.00. The molecule has 0 amide bonds. The highest BCUT2D eigenvalue weighted by atomic mass is 32.1. The molecule has 2 rings (SSSR count). The van der Waals surface area contributed by atoms with Crippen molar-refractivity contribution >= 4 is 17.6 Å². The molecule has 0 atom stereocenters. The Morgan fingerprint density at radius 1 is 1.57 bits per heavy atom. The molecule has 0 bridgehead atoms. The van der Waals surface area contributed by atoms with Gasteiger partial charge in [-0.3, -0.25) is 9.36 Å². The van der Waals surface area contributed by atoms with E-state index in [1.165, 1.54) is 23.9 Å². The lowest BCUT2D eigenvalue weighted by molar-refractivity contribution is 0.112. The maximum Gasteiger partial charge on any atom is 0.195 e. The standard InChI is InChI=1S/C8H4N4OS/c9-1-6-3-12(5-11-6)8-10-2-7(4-13)14-8/h2-5H. The summed E-state index contributed by atoms with van der Waals surface area (Å²) in [5.41, 5.74) is 0.327. The first-order valence-corrected chi connectivity index (χ1v) is 4.50. The molecule has 0 spiro atoms. The van der Waals surface area contributed by atoms with Crippen LogP contribution in [0.3, 0.4) is 0 Å². The van der Waals surface area contributed by atoms with E-state index in [1.807, 2.05) is 6.07 Å². The minimum atomic E-state index is 0.327. The van der Waals surface area contributed by atoms with E-state index in [1.54, 1.807) is 10.8 Å². The molecule has 6 heteroatoms. The lowest BCUT2D eigenvalue weighted by Crippen LogP contribution is -1.86. The monoisotopic (exact) mass is 204 g/mol. The van der Waals surface area contributed by atoms with Crippen molar-refractivity contribution in [1.82, 2.24) is 14.5 Å². The number of aldehydes is 1. The van der Waals surface area contributed by atoms with Crippen molar-refractivity contribution in [2.24, 2.45) is 0 Å². The number of thiazole rings is 1. The van der Waals surface area contributed by atoms with E-state index in [4.69, 9.17) is 5.26 Å². The van der Waals surface area contributed by atoms with Crippen molar-refractivity contribution in [1.29, 1.82) is 5.26 Å². The average molecular weight is 204 g/mol. The van der Waals surface area contributed by atoms with Gasteiger partial charge in [0.2, 0.25) is 0 Å². The van der Waals surface area contributed by atoms with Gasteiger partial charge in [0.05, 0.1) is 11.1 Å². The van der Waals surface area contributed by atoms with Gasteiger partial charge in [0.15, 0.2) is 17.1 Å². The van der Waals surface area contributed by atoms with Crippen molar-refractivity contribution in [2.75, 3.05) is 0 Å². The summed E-state index contributed by atoms with van der Waals surface area (Å²) >= 11 is 1.24. The number of nitriles is 1. The molecule has 5 nitrogen and oxygen atoms in total. The summed E-state index contributed by atoms with van der Waals surface area (Å²) < 4.78 is 1.61. The molecule has 0 saturated heterocycles. The second-order valence-corrected chi connectivity index (χ2v) is 3.48. The molecule has 0 N–H and O–H groups in total. The number of carbonyl (C=O) groups is 1. The van der Waals surface area contributed by atoms with E-state index in [-0.39, 0.29) is 0 Å². The summed E-state index contributed by atoms with van der Waals surface area (Å²) in [6.45, 7) is 0. The van der Waals surface area contributed by atoms with E-state index in [0.29, 0.717) is 15.7 Å². The highest BCUT2D eigenvalue weighted by Crippen LogP contribution is 2.15. The first-order valence-electron chi connectivity index (χ1n) is 3.69. The average Bonchev–Trinajstić information content (AvgIpc) is 2.86. The fraction of sp³-hybridized carbons (Fsp3) is 0. The zero-order valence-electron chi connectivity index (χ0n) is 6.91. The molecule has 0 saturated carbocycles. The third kappa shape index (κ3) is 1.41. The Labute approximate surface area is 83.3 Å². The highest BCUT2D eigenvalue weighted by molar-refractivity contribution is 7.15. The summed E-state index contributed by atoms with van der Waals surface area (Å²) in [4.78, 5) is 18.8. The number of imidazole rings is 1. The molecule has 0 aliphatic rings. The third-order valence-corrected chi connectivity index (χ3v) is 2.48. The Balaban J connectivity index is 2.39. The zero-order valence-corrected chi connectivity index (χ0v) is 7.73. The van der Waals surface area contributed by atoms with Crippen LogP contribution in [0.4, 0.5) is 0 Å². The van der Waals surface area contributed by atoms with E-state index in [2.05, 4.69) is 9.97 Å². The number of rotatable bonds is 2. The van der Waals surface area contributed by atoms with Crippen molar-refractivity contribution in [3.63, 3.8) is 0 Å². The smallest absolute Gasteiger partial charge is 0.195 e. The lowest BCUT2D eigenvalue weighted by Gasteiger charge is -1.90. The van der Waals surface area contributed by atoms with E-state index < -0.39 is 0 Å². The molecule has 2 aromatic rings. The minimum Gasteiger partial charge on any atom is -0.297 e. The molecular weight excluding hydrogens is 200 g/mol. The van der Waals surface area contributed by atoms with Crippen LogP contribution < -0.4 is 0 Å². The highest BCUT2D eigenvalue weighted by Gasteiger charge is 2.04. The number of nitrogens with zero attached hydrogens (tertiary/aromatic N) is 4. The number of hydrogen-bond acceptors (Lipinski definition) is 5. The SMILES string of the molecule is N#Cc1cn(-c2ncc(C=O)s2)cn1. The van der Waals surface area contributed by atoms with Crippen LogP contribution in [0.5, 0.6) is 0 Å². The van der Waals surface area contributed by atoms with Crippen LogP contribution in [0.25, 0.3) is 5.13 Å². The lowest BCUT2D eigenvalue weighted by atomic mass is 10.5. The molecule has 2 heterocycles. The molecule has 0 aliphatic carbocycles. The summed E-state index contributed by atoms with van der Waals surface area (Å²) in [5, 5.41) is 9.18. The molecule has 68 valence electrons. The summed E-state index contributed by atoms with van der Waals surface area (Å²) in [6, 6.07) is 1.91. The van der Waals surface area contributed by atoms with Gasteiger partial charge in [0.25, 0.3) is 0 Å². The third-order valence-electron chi connectivity index (χ3n) is 1.55. The fourth-order valence-electron chi connectivity index (χ4n) is 0.936. The largest absolute Gasteiger partial charge is 0.297 e. The van der Waals surface area contributed by atoms with Gasteiger partial charge in [-0.05, 0) is 0 Å². The molecule has 0 fully saturated rings. The Morgan fingerprint density at radius 3 is 3.00 bits per heavy atom. The van der Waals surface area contributed by atoms with Gasteiger partial charge in [-0.1, -0.05) is 11.3 Å². The van der Waals surface area contributed by atoms with Crippen LogP contribution in [0.1, 0.15) is 15.4 Å². The Morgan fingerprint density at radius 2 is 2.43 bits per heavy atom. The van der Waals surface area contributed by atoms with Crippen LogP contribution >= 0.6 is 11.3 Å². The van der Waals surface area contributed by atoms with E-state index in [0.717, 1.165) is 6.29 Å². The Bertz CT molecular complexity index is 507. The van der Waals surface area contributed by atoms with Crippen LogP contribution in [0, 0.1) is 11.3 Å². The Kier molecular flexibility index (Phi) is 2.08. The quantitative estimate of drug-likeness (QED) is 0.684. The minimum absolute atomic E-state index is 0.327. The molecule has 0 aliphatic heterocycles. The molecule has 14 heavy (non-hydrogen) atoms. The van der Waals surface area contributed by atoms with Crippen LogP contribution in [-0.4, -0.2) is 20.8 Å². The first-order chi connectivity index (χ1) is 6.83. The van der Waals surface area contributed by atoms with Gasteiger partial charge in [0.1, 0.15) is 12.4 Å². The van der Waals surface area contributed by atoms with Gasteiger partial charge in [0, 0.05) is 6.20 Å². The first kappa shape index (κ1) is 8.59. The van der Waals surface area contributed by atoms with Gasteiger partial charge in [-0.15, -0.1) is 0 Å². The van der Waals surface area contributed by atoms with Gasteiger partial charge >= 0.3 is 0 Å². The second kappa shape index (κ2) is 3.40. The normalized spacial score (nSPS) is 9.64. The van der Waals surface area contributed by atoms with Gasteiger partial charge in [-0.2, -0.15) is 5.26 Å². The molecule has 0 unspecified atom stereocenters. The van der Waals surface area contributed by atoms with Crippen molar-refractivity contribution in [3.05, 3.63) is 29.3 Å². The number of hydrogen-bond donors (Lipinski definition) is 0. The van der Waals surface area contributed by atoms with Crippen molar-refractivity contribution in [3.8, 4) is 11.2 Å². The maximum absolute atomic E-state index is 10.4. The second-order valence-electron chi connectivity index (χ2n) is 2.44. The molecule has 2 aromatic heterocycles. The molecule has 0 radical (unpaired) electrons. The van der Waals surface area contributed by atoms with E-state index in [9.17, 15) is 4.79 Å². The number of carbonyl (C=O) groups excluding carboxylic acids is 1. The van der Waals surface area contributed by atoms with Crippen LogP contribution in [-0.2, 0) is 0 Å². The van der Waals surface area contributed by atoms with E-state index >= 15 is 0 Å². The fourth-order valence-corrected chi connectivity index (χ4v) is 1.61. The predicted octanol–water partition coefficient (Wildman–Crippen LogP) is 1.01. The number of aromatic nitrogens is 3. The van der Waals surface area contributed by atoms with Crippen molar-refractivity contribution < 1.29 is 4.79 Å². The summed E-state index contributed by atoms with van der Waals surface area (Å²) in [7, 11) is 0. The summed E-state index contributed by atoms with van der Waals surface area (Å²) in [6.07, 6.45) is 5.28. The topological polar surface area (TPSA) is 71.6 Å². The molecule has 0 aromatic carbocycles. The molecular formula is C8H4N4OS. The zero-order chi connectivity index (χ0) is 9.97. The van der Waals surface area contributed by atoms with Gasteiger partial charge in [-0.25, -0.2) is 9.97 Å². The predicted molar refractivity (Wildman–Crippen MR) is 49.3 cm³/mol.